The summed E-state index contributed by atoms with van der Waals surface area (Å²) in [6.45, 7) is 5.03. The normalized spacial score (nSPS) is 10.6. The average Bonchev–Trinajstić information content (AvgIpc) is 2.57. The van der Waals surface area contributed by atoms with E-state index >= 15 is 0 Å². The molecule has 0 saturated carbocycles. The van der Waals surface area contributed by atoms with Crippen molar-refractivity contribution in [2.24, 2.45) is 0 Å². The third kappa shape index (κ3) is 2.76. The number of halogens is 1. The van der Waals surface area contributed by atoms with Gasteiger partial charge in [-0.25, -0.2) is 0 Å². The standard InChI is InChI=1S/C13H16ClN3O/c1-9-13(14)10(2)17(16-9)6-7-18-12-5-3-4-11(15)8-12/h3-5,8H,6-7,15H2,1-2H3. The second kappa shape index (κ2) is 5.31. The van der Waals surface area contributed by atoms with Gasteiger partial charge in [-0.05, 0) is 26.0 Å². The van der Waals surface area contributed by atoms with Crippen LogP contribution in [0.15, 0.2) is 24.3 Å². The molecule has 0 aliphatic heterocycles. The minimum Gasteiger partial charge on any atom is -0.492 e. The van der Waals surface area contributed by atoms with Crippen molar-refractivity contribution in [1.29, 1.82) is 0 Å². The summed E-state index contributed by atoms with van der Waals surface area (Å²) in [4.78, 5) is 0. The van der Waals surface area contributed by atoms with Crippen LogP contribution >= 0.6 is 11.6 Å². The molecule has 0 unspecified atom stereocenters. The van der Waals surface area contributed by atoms with E-state index in [0.717, 1.165) is 22.2 Å². The Morgan fingerprint density at radius 3 is 2.78 bits per heavy atom. The first-order valence-electron chi connectivity index (χ1n) is 5.76. The number of rotatable bonds is 4. The van der Waals surface area contributed by atoms with Crippen LogP contribution in [0.5, 0.6) is 5.75 Å². The van der Waals surface area contributed by atoms with Crippen LogP contribution in [0.3, 0.4) is 0 Å². The zero-order valence-corrected chi connectivity index (χ0v) is 11.2. The lowest BCUT2D eigenvalue weighted by atomic mass is 10.3. The Hall–Kier alpha value is -1.68. The number of nitrogens with two attached hydrogens (primary N) is 1. The molecule has 4 nitrogen and oxygen atoms in total. The maximum absolute atomic E-state index is 6.07. The van der Waals surface area contributed by atoms with Crippen molar-refractivity contribution in [1.82, 2.24) is 9.78 Å². The molecule has 5 heteroatoms. The predicted octanol–water partition coefficient (Wildman–Crippen LogP) is 2.81. The molecule has 0 spiro atoms. The molecule has 0 aliphatic rings. The van der Waals surface area contributed by atoms with Gasteiger partial charge in [-0.15, -0.1) is 0 Å². The Morgan fingerprint density at radius 2 is 2.17 bits per heavy atom. The van der Waals surface area contributed by atoms with Crippen LogP contribution in [0.1, 0.15) is 11.4 Å². The topological polar surface area (TPSA) is 53.1 Å². The number of ether oxygens (including phenoxy) is 1. The second-order valence-electron chi connectivity index (χ2n) is 4.13. The molecule has 2 N–H and O–H groups in total. The van der Waals surface area contributed by atoms with Crippen LogP contribution in [0.2, 0.25) is 5.02 Å². The van der Waals surface area contributed by atoms with Crippen molar-refractivity contribution in [3.05, 3.63) is 40.7 Å². The molecule has 0 saturated heterocycles. The fourth-order valence-corrected chi connectivity index (χ4v) is 1.88. The Labute approximate surface area is 111 Å². The molecule has 2 aromatic rings. The number of aryl methyl sites for hydroxylation is 1. The maximum atomic E-state index is 6.07. The van der Waals surface area contributed by atoms with Gasteiger partial charge < -0.3 is 10.5 Å². The van der Waals surface area contributed by atoms with Crippen molar-refractivity contribution >= 4 is 17.3 Å². The number of hydrogen-bond donors (Lipinski definition) is 1. The van der Waals surface area contributed by atoms with E-state index in [2.05, 4.69) is 5.10 Å². The van der Waals surface area contributed by atoms with Gasteiger partial charge in [0.2, 0.25) is 0 Å². The molecule has 18 heavy (non-hydrogen) atoms. The molecule has 0 bridgehead atoms. The van der Waals surface area contributed by atoms with Crippen molar-refractivity contribution in [2.75, 3.05) is 12.3 Å². The summed E-state index contributed by atoms with van der Waals surface area (Å²) in [5.41, 5.74) is 8.18. The average molecular weight is 266 g/mol. The van der Waals surface area contributed by atoms with E-state index in [1.54, 1.807) is 6.07 Å². The summed E-state index contributed by atoms with van der Waals surface area (Å²) in [5.74, 6) is 0.766. The van der Waals surface area contributed by atoms with E-state index < -0.39 is 0 Å². The van der Waals surface area contributed by atoms with Gasteiger partial charge in [-0.2, -0.15) is 5.10 Å². The van der Waals surface area contributed by atoms with Crippen LogP contribution < -0.4 is 10.5 Å². The molecule has 0 amide bonds. The van der Waals surface area contributed by atoms with Crippen molar-refractivity contribution in [2.45, 2.75) is 20.4 Å². The fraction of sp³-hybridized carbons (Fsp3) is 0.308. The molecule has 1 aromatic heterocycles. The zero-order chi connectivity index (χ0) is 13.1. The highest BCUT2D eigenvalue weighted by Gasteiger charge is 2.08. The molecular weight excluding hydrogens is 250 g/mol. The first-order chi connectivity index (χ1) is 8.58. The number of benzene rings is 1. The summed E-state index contributed by atoms with van der Waals surface area (Å²) in [7, 11) is 0. The SMILES string of the molecule is Cc1nn(CCOc2cccc(N)c2)c(C)c1Cl. The number of nitrogens with zero attached hydrogens (tertiary/aromatic N) is 2. The first-order valence-corrected chi connectivity index (χ1v) is 6.13. The maximum Gasteiger partial charge on any atom is 0.121 e. The number of nitrogen functional groups attached to an aromatic ring is 1. The predicted molar refractivity (Wildman–Crippen MR) is 73.1 cm³/mol. The molecular formula is C13H16ClN3O. The van der Waals surface area contributed by atoms with Gasteiger partial charge in [0.1, 0.15) is 12.4 Å². The number of hydrogen-bond acceptors (Lipinski definition) is 3. The van der Waals surface area contributed by atoms with Crippen LogP contribution in [-0.4, -0.2) is 16.4 Å². The number of anilines is 1. The Bertz CT molecular complexity index is 551. The Balaban J connectivity index is 1.94. The molecule has 96 valence electrons. The van der Waals surface area contributed by atoms with Gasteiger partial charge in [-0.1, -0.05) is 17.7 Å². The van der Waals surface area contributed by atoms with Crippen molar-refractivity contribution in [3.8, 4) is 5.75 Å². The van der Waals surface area contributed by atoms with E-state index in [4.69, 9.17) is 22.1 Å². The summed E-state index contributed by atoms with van der Waals surface area (Å²) < 4.78 is 7.46. The minimum absolute atomic E-state index is 0.530. The first kappa shape index (κ1) is 12.8. The molecule has 1 heterocycles. The highest BCUT2D eigenvalue weighted by Crippen LogP contribution is 2.19. The van der Waals surface area contributed by atoms with Gasteiger partial charge in [0.15, 0.2) is 0 Å². The van der Waals surface area contributed by atoms with Gasteiger partial charge >= 0.3 is 0 Å². The molecule has 0 radical (unpaired) electrons. The Morgan fingerprint density at radius 1 is 1.39 bits per heavy atom. The van der Waals surface area contributed by atoms with Gasteiger partial charge in [0.25, 0.3) is 0 Å². The third-order valence-corrected chi connectivity index (χ3v) is 3.27. The molecule has 1 aromatic carbocycles. The fourth-order valence-electron chi connectivity index (χ4n) is 1.75. The van der Waals surface area contributed by atoms with E-state index in [9.17, 15) is 0 Å². The third-order valence-electron chi connectivity index (χ3n) is 2.72. The molecule has 2 rings (SSSR count). The van der Waals surface area contributed by atoms with Crippen LogP contribution in [0.25, 0.3) is 0 Å². The Kier molecular flexibility index (Phi) is 3.77. The van der Waals surface area contributed by atoms with Crippen molar-refractivity contribution in [3.63, 3.8) is 0 Å². The molecule has 0 fully saturated rings. The highest BCUT2D eigenvalue weighted by atomic mass is 35.5. The van der Waals surface area contributed by atoms with Crippen LogP contribution in [0, 0.1) is 13.8 Å². The van der Waals surface area contributed by atoms with E-state index in [1.807, 2.05) is 36.7 Å². The lowest BCUT2D eigenvalue weighted by Crippen LogP contribution is -2.11. The molecule has 0 atom stereocenters. The summed E-state index contributed by atoms with van der Waals surface area (Å²) in [6.07, 6.45) is 0. The van der Waals surface area contributed by atoms with Crippen molar-refractivity contribution < 1.29 is 4.74 Å². The smallest absolute Gasteiger partial charge is 0.121 e. The van der Waals surface area contributed by atoms with Gasteiger partial charge in [-0.3, -0.25) is 4.68 Å². The second-order valence-corrected chi connectivity index (χ2v) is 4.51. The van der Waals surface area contributed by atoms with E-state index in [1.165, 1.54) is 0 Å². The quantitative estimate of drug-likeness (QED) is 0.865. The minimum atomic E-state index is 0.530. The highest BCUT2D eigenvalue weighted by molar-refractivity contribution is 6.31. The molecule has 0 aliphatic carbocycles. The lowest BCUT2D eigenvalue weighted by Gasteiger charge is -2.08. The monoisotopic (exact) mass is 265 g/mol. The van der Waals surface area contributed by atoms with Gasteiger partial charge in [0.05, 0.1) is 23.0 Å². The summed E-state index contributed by atoms with van der Waals surface area (Å²) in [6, 6.07) is 7.37. The van der Waals surface area contributed by atoms with Crippen LogP contribution in [0.4, 0.5) is 5.69 Å². The van der Waals surface area contributed by atoms with E-state index in [0.29, 0.717) is 18.8 Å². The largest absolute Gasteiger partial charge is 0.492 e. The summed E-state index contributed by atoms with van der Waals surface area (Å²) >= 11 is 6.07. The number of aromatic nitrogens is 2. The zero-order valence-electron chi connectivity index (χ0n) is 10.5. The lowest BCUT2D eigenvalue weighted by molar-refractivity contribution is 0.290. The summed E-state index contributed by atoms with van der Waals surface area (Å²) in [5, 5.41) is 5.06. The van der Waals surface area contributed by atoms with E-state index in [-0.39, 0.29) is 0 Å². The van der Waals surface area contributed by atoms with Gasteiger partial charge in [0, 0.05) is 11.8 Å². The van der Waals surface area contributed by atoms with Crippen LogP contribution in [-0.2, 0) is 6.54 Å².